The van der Waals surface area contributed by atoms with E-state index in [0.717, 1.165) is 28.7 Å². The van der Waals surface area contributed by atoms with E-state index in [0.29, 0.717) is 6.61 Å². The van der Waals surface area contributed by atoms with Crippen LogP contribution in [-0.2, 0) is 9.78 Å². The van der Waals surface area contributed by atoms with Gasteiger partial charge in [-0.05, 0) is 50.8 Å². The Balaban J connectivity index is 2.82. The van der Waals surface area contributed by atoms with Gasteiger partial charge >= 0.3 is 0 Å². The first-order valence-corrected chi connectivity index (χ1v) is 7.94. The van der Waals surface area contributed by atoms with Crippen LogP contribution in [0.25, 0.3) is 11.1 Å². The van der Waals surface area contributed by atoms with Gasteiger partial charge in [0.05, 0.1) is 12.2 Å². The van der Waals surface area contributed by atoms with E-state index in [2.05, 4.69) is 45.2 Å². The highest BCUT2D eigenvalue weighted by molar-refractivity contribution is 5.77. The van der Waals surface area contributed by atoms with E-state index in [4.69, 9.17) is 9.78 Å². The monoisotopic (exact) mass is 302 g/mol. The van der Waals surface area contributed by atoms with E-state index >= 15 is 0 Å². The SMILES string of the molecule is C=C(C)c1ccc(C(C)COOC(C)(C)CC)cc1C(=C)C. The van der Waals surface area contributed by atoms with Crippen molar-refractivity contribution in [3.05, 3.63) is 48.0 Å². The van der Waals surface area contributed by atoms with Crippen molar-refractivity contribution in [2.24, 2.45) is 0 Å². The maximum Gasteiger partial charge on any atom is 0.0977 e. The Morgan fingerprint density at radius 3 is 2.23 bits per heavy atom. The summed E-state index contributed by atoms with van der Waals surface area (Å²) in [6, 6.07) is 6.44. The van der Waals surface area contributed by atoms with Crippen molar-refractivity contribution in [2.45, 2.75) is 59.5 Å². The molecule has 0 aliphatic carbocycles. The maximum atomic E-state index is 5.48. The van der Waals surface area contributed by atoms with Gasteiger partial charge in [-0.2, -0.15) is 0 Å². The summed E-state index contributed by atoms with van der Waals surface area (Å²) in [5.74, 6) is 0.255. The van der Waals surface area contributed by atoms with Gasteiger partial charge in [-0.1, -0.05) is 56.4 Å². The van der Waals surface area contributed by atoms with Crippen LogP contribution in [-0.4, -0.2) is 12.2 Å². The number of benzene rings is 1. The first-order chi connectivity index (χ1) is 10.2. The third-order valence-electron chi connectivity index (χ3n) is 3.99. The molecule has 0 spiro atoms. The minimum absolute atomic E-state index is 0.244. The summed E-state index contributed by atoms with van der Waals surface area (Å²) in [6.45, 7) is 21.0. The third-order valence-corrected chi connectivity index (χ3v) is 3.99. The van der Waals surface area contributed by atoms with E-state index in [9.17, 15) is 0 Å². The predicted molar refractivity (Wildman–Crippen MR) is 95.7 cm³/mol. The molecule has 1 rings (SSSR count). The van der Waals surface area contributed by atoms with Crippen molar-refractivity contribution in [1.82, 2.24) is 0 Å². The summed E-state index contributed by atoms with van der Waals surface area (Å²) in [7, 11) is 0. The fraction of sp³-hybridized carbons (Fsp3) is 0.500. The van der Waals surface area contributed by atoms with E-state index < -0.39 is 0 Å². The van der Waals surface area contributed by atoms with Crippen molar-refractivity contribution in [3.8, 4) is 0 Å². The second-order valence-electron chi connectivity index (χ2n) is 6.75. The Labute approximate surface area is 135 Å². The molecule has 22 heavy (non-hydrogen) atoms. The van der Waals surface area contributed by atoms with Gasteiger partial charge in [-0.15, -0.1) is 0 Å². The van der Waals surface area contributed by atoms with Gasteiger partial charge < -0.3 is 0 Å². The van der Waals surface area contributed by atoms with Crippen LogP contribution in [0.4, 0.5) is 0 Å². The summed E-state index contributed by atoms with van der Waals surface area (Å²) in [6.07, 6.45) is 0.911. The van der Waals surface area contributed by atoms with Gasteiger partial charge in [0, 0.05) is 5.92 Å². The van der Waals surface area contributed by atoms with Crippen molar-refractivity contribution < 1.29 is 9.78 Å². The summed E-state index contributed by atoms with van der Waals surface area (Å²) >= 11 is 0. The van der Waals surface area contributed by atoms with Crippen LogP contribution in [0.1, 0.15) is 70.6 Å². The smallest absolute Gasteiger partial charge is 0.0977 e. The molecule has 0 heterocycles. The molecule has 0 saturated carbocycles. The molecule has 0 aliphatic heterocycles. The molecule has 1 aromatic rings. The number of hydrogen-bond donors (Lipinski definition) is 0. The van der Waals surface area contributed by atoms with Crippen molar-refractivity contribution >= 4 is 11.1 Å². The minimum atomic E-state index is -0.244. The first-order valence-electron chi connectivity index (χ1n) is 7.94. The Morgan fingerprint density at radius 1 is 1.14 bits per heavy atom. The molecule has 0 aliphatic rings. The van der Waals surface area contributed by atoms with Gasteiger partial charge in [0.25, 0.3) is 0 Å². The first kappa shape index (κ1) is 18.7. The van der Waals surface area contributed by atoms with Crippen molar-refractivity contribution in [2.75, 3.05) is 6.61 Å². The molecule has 0 saturated heterocycles. The average molecular weight is 302 g/mol. The van der Waals surface area contributed by atoms with Gasteiger partial charge in [0.1, 0.15) is 0 Å². The lowest BCUT2D eigenvalue weighted by atomic mass is 9.91. The number of rotatable bonds is 8. The van der Waals surface area contributed by atoms with Crippen LogP contribution in [0, 0.1) is 0 Å². The summed E-state index contributed by atoms with van der Waals surface area (Å²) in [5.41, 5.74) is 5.41. The molecule has 0 fully saturated rings. The number of hydrogen-bond acceptors (Lipinski definition) is 2. The minimum Gasteiger partial charge on any atom is -0.236 e. The Kier molecular flexibility index (Phi) is 6.58. The molecule has 0 aromatic heterocycles. The molecule has 1 atom stereocenters. The fourth-order valence-corrected chi connectivity index (χ4v) is 2.04. The largest absolute Gasteiger partial charge is 0.236 e. The zero-order chi connectivity index (χ0) is 16.9. The average Bonchev–Trinajstić information content (AvgIpc) is 2.46. The van der Waals surface area contributed by atoms with E-state index in [1.807, 2.05) is 27.7 Å². The molecular weight excluding hydrogens is 272 g/mol. The zero-order valence-electron chi connectivity index (χ0n) is 15.0. The van der Waals surface area contributed by atoms with Crippen LogP contribution >= 0.6 is 0 Å². The van der Waals surface area contributed by atoms with Crippen LogP contribution < -0.4 is 0 Å². The van der Waals surface area contributed by atoms with Gasteiger partial charge in [-0.3, -0.25) is 0 Å². The molecule has 0 radical (unpaired) electrons. The maximum absolute atomic E-state index is 5.48. The lowest BCUT2D eigenvalue weighted by Crippen LogP contribution is -2.24. The Morgan fingerprint density at radius 2 is 1.73 bits per heavy atom. The van der Waals surface area contributed by atoms with Crippen LogP contribution in [0.5, 0.6) is 0 Å². The van der Waals surface area contributed by atoms with E-state index in [1.165, 1.54) is 5.56 Å². The number of allylic oxidation sites excluding steroid dienone is 2. The molecule has 1 unspecified atom stereocenters. The molecule has 0 N–H and O–H groups in total. The van der Waals surface area contributed by atoms with Gasteiger partial charge in [0.2, 0.25) is 0 Å². The fourth-order valence-electron chi connectivity index (χ4n) is 2.04. The molecule has 1 aromatic carbocycles. The Hall–Kier alpha value is -1.38. The third kappa shape index (κ3) is 5.11. The van der Waals surface area contributed by atoms with Crippen LogP contribution in [0.2, 0.25) is 0 Å². The summed E-state index contributed by atoms with van der Waals surface area (Å²) < 4.78 is 0. The highest BCUT2D eigenvalue weighted by Gasteiger charge is 2.18. The lowest BCUT2D eigenvalue weighted by molar-refractivity contribution is -0.355. The molecular formula is C20H30O2. The van der Waals surface area contributed by atoms with Gasteiger partial charge in [-0.25, -0.2) is 9.78 Å². The molecule has 122 valence electrons. The van der Waals surface area contributed by atoms with Crippen LogP contribution in [0.3, 0.4) is 0 Å². The standard InChI is InChI=1S/C20H30O2/c1-9-20(7,8)22-21-13-16(6)17-10-11-18(14(2)3)19(12-17)15(4)5/h10-12,16H,2,4,9,13H2,1,3,5-8H3. The highest BCUT2D eigenvalue weighted by atomic mass is 17.2. The zero-order valence-corrected chi connectivity index (χ0v) is 15.0. The van der Waals surface area contributed by atoms with Crippen LogP contribution in [0.15, 0.2) is 31.4 Å². The quantitative estimate of drug-likeness (QED) is 0.433. The lowest BCUT2D eigenvalue weighted by Gasteiger charge is -2.23. The molecule has 0 amide bonds. The second kappa shape index (κ2) is 7.75. The second-order valence-corrected chi connectivity index (χ2v) is 6.75. The Bertz CT molecular complexity index is 541. The van der Waals surface area contributed by atoms with Crippen molar-refractivity contribution in [3.63, 3.8) is 0 Å². The highest BCUT2D eigenvalue weighted by Crippen LogP contribution is 2.28. The predicted octanol–water partition coefficient (Wildman–Crippen LogP) is 5.99. The summed E-state index contributed by atoms with van der Waals surface area (Å²) in [5, 5.41) is 0. The van der Waals surface area contributed by atoms with E-state index in [1.54, 1.807) is 0 Å². The normalized spacial score (nSPS) is 13.0. The summed E-state index contributed by atoms with van der Waals surface area (Å²) in [4.78, 5) is 10.9. The molecule has 0 bridgehead atoms. The molecule has 2 nitrogen and oxygen atoms in total. The topological polar surface area (TPSA) is 18.5 Å². The van der Waals surface area contributed by atoms with E-state index in [-0.39, 0.29) is 11.5 Å². The molecule has 2 heteroatoms. The van der Waals surface area contributed by atoms with Gasteiger partial charge in [0.15, 0.2) is 0 Å². The van der Waals surface area contributed by atoms with Crippen molar-refractivity contribution in [1.29, 1.82) is 0 Å².